The zero-order chi connectivity index (χ0) is 15.2. The Morgan fingerprint density at radius 3 is 2.77 bits per heavy atom. The second kappa shape index (κ2) is 6.71. The van der Waals surface area contributed by atoms with Gasteiger partial charge in [0, 0.05) is 18.3 Å². The van der Waals surface area contributed by atoms with Crippen molar-refractivity contribution in [3.63, 3.8) is 0 Å². The molecular formula is C16H18N6. The van der Waals surface area contributed by atoms with Crippen LogP contribution in [0.25, 0.3) is 11.4 Å². The molecule has 0 bridgehead atoms. The summed E-state index contributed by atoms with van der Waals surface area (Å²) in [6, 6.07) is 14.3. The summed E-state index contributed by atoms with van der Waals surface area (Å²) in [6.45, 7) is 0.865. The van der Waals surface area contributed by atoms with Gasteiger partial charge in [0.1, 0.15) is 5.82 Å². The number of benzene rings is 1. The molecule has 3 rings (SSSR count). The first kappa shape index (κ1) is 14.1. The molecule has 22 heavy (non-hydrogen) atoms. The average Bonchev–Trinajstić information content (AvgIpc) is 3.00. The van der Waals surface area contributed by atoms with Crippen molar-refractivity contribution in [1.29, 1.82) is 0 Å². The smallest absolute Gasteiger partial charge is 0.239 e. The third-order valence-corrected chi connectivity index (χ3v) is 3.33. The maximum atomic E-state index is 5.52. The number of aryl methyl sites for hydroxylation is 1. The highest BCUT2D eigenvalue weighted by atomic mass is 15.3. The summed E-state index contributed by atoms with van der Waals surface area (Å²) in [5.74, 6) is 1.71. The number of anilines is 2. The number of aromatic nitrogens is 4. The van der Waals surface area contributed by atoms with Gasteiger partial charge in [0.25, 0.3) is 0 Å². The summed E-state index contributed by atoms with van der Waals surface area (Å²) in [7, 11) is 0. The molecule has 0 fully saturated rings. The topological polar surface area (TPSA) is 92.5 Å². The summed E-state index contributed by atoms with van der Waals surface area (Å²) in [4.78, 5) is 8.43. The van der Waals surface area contributed by atoms with Crippen molar-refractivity contribution in [2.24, 2.45) is 0 Å². The Morgan fingerprint density at radius 1 is 1.14 bits per heavy atom. The standard InChI is InChI=1S/C16H18N6/c17-16-20-15(21-22-16)13-8-10-19-14(11-13)18-9-4-7-12-5-2-1-3-6-12/h1-3,5-6,8,10-11H,4,7,9H2,(H,18,19)(H3,17,20,21,22). The molecule has 0 aliphatic rings. The molecule has 2 heterocycles. The average molecular weight is 294 g/mol. The zero-order valence-electron chi connectivity index (χ0n) is 12.2. The van der Waals surface area contributed by atoms with E-state index in [4.69, 9.17) is 5.73 Å². The number of nitrogens with one attached hydrogen (secondary N) is 2. The molecule has 6 nitrogen and oxygen atoms in total. The van der Waals surface area contributed by atoms with Gasteiger partial charge in [-0.2, -0.15) is 4.98 Å². The molecule has 0 saturated heterocycles. The first-order valence-electron chi connectivity index (χ1n) is 7.23. The monoisotopic (exact) mass is 294 g/mol. The summed E-state index contributed by atoms with van der Waals surface area (Å²) >= 11 is 0. The van der Waals surface area contributed by atoms with E-state index in [1.54, 1.807) is 6.20 Å². The molecule has 0 aliphatic heterocycles. The van der Waals surface area contributed by atoms with E-state index in [2.05, 4.69) is 49.7 Å². The van der Waals surface area contributed by atoms with Crippen LogP contribution in [0.3, 0.4) is 0 Å². The second-order valence-electron chi connectivity index (χ2n) is 4.99. The Labute approximate surface area is 128 Å². The fourth-order valence-corrected chi connectivity index (χ4v) is 2.23. The number of hydrogen-bond donors (Lipinski definition) is 3. The molecule has 3 aromatic rings. The third-order valence-electron chi connectivity index (χ3n) is 3.33. The molecule has 0 radical (unpaired) electrons. The van der Waals surface area contributed by atoms with Crippen LogP contribution in [0.1, 0.15) is 12.0 Å². The van der Waals surface area contributed by atoms with Gasteiger partial charge >= 0.3 is 0 Å². The quantitative estimate of drug-likeness (QED) is 0.607. The van der Waals surface area contributed by atoms with Crippen LogP contribution < -0.4 is 11.1 Å². The minimum absolute atomic E-state index is 0.240. The lowest BCUT2D eigenvalue weighted by atomic mass is 10.1. The first-order chi connectivity index (χ1) is 10.8. The van der Waals surface area contributed by atoms with Crippen LogP contribution in [-0.4, -0.2) is 26.7 Å². The Bertz CT molecular complexity index is 722. The lowest BCUT2D eigenvalue weighted by molar-refractivity contribution is 0.859. The van der Waals surface area contributed by atoms with Gasteiger partial charge in [-0.15, -0.1) is 5.10 Å². The van der Waals surface area contributed by atoms with Gasteiger partial charge in [-0.3, -0.25) is 5.10 Å². The van der Waals surface area contributed by atoms with Crippen LogP contribution in [0.4, 0.5) is 11.8 Å². The molecule has 0 saturated carbocycles. The highest BCUT2D eigenvalue weighted by Crippen LogP contribution is 2.17. The Morgan fingerprint density at radius 2 is 2.00 bits per heavy atom. The molecule has 2 aromatic heterocycles. The van der Waals surface area contributed by atoms with E-state index in [0.717, 1.165) is 30.8 Å². The van der Waals surface area contributed by atoms with Crippen LogP contribution in [-0.2, 0) is 6.42 Å². The van der Waals surface area contributed by atoms with Gasteiger partial charge < -0.3 is 11.1 Å². The molecule has 4 N–H and O–H groups in total. The number of rotatable bonds is 6. The highest BCUT2D eigenvalue weighted by Gasteiger charge is 2.04. The predicted octanol–water partition coefficient (Wildman–Crippen LogP) is 2.49. The van der Waals surface area contributed by atoms with Crippen molar-refractivity contribution in [2.75, 3.05) is 17.6 Å². The van der Waals surface area contributed by atoms with E-state index in [-0.39, 0.29) is 5.95 Å². The van der Waals surface area contributed by atoms with Crippen LogP contribution in [0.5, 0.6) is 0 Å². The number of pyridine rings is 1. The fraction of sp³-hybridized carbons (Fsp3) is 0.188. The minimum atomic E-state index is 0.240. The Balaban J connectivity index is 1.55. The van der Waals surface area contributed by atoms with Crippen LogP contribution in [0.15, 0.2) is 48.7 Å². The Kier molecular flexibility index (Phi) is 4.29. The van der Waals surface area contributed by atoms with Crippen molar-refractivity contribution in [3.05, 3.63) is 54.2 Å². The zero-order valence-corrected chi connectivity index (χ0v) is 12.2. The maximum Gasteiger partial charge on any atom is 0.239 e. The predicted molar refractivity (Wildman–Crippen MR) is 87.3 cm³/mol. The maximum absolute atomic E-state index is 5.52. The van der Waals surface area contributed by atoms with E-state index < -0.39 is 0 Å². The van der Waals surface area contributed by atoms with Crippen molar-refractivity contribution in [1.82, 2.24) is 20.2 Å². The normalized spacial score (nSPS) is 10.5. The molecule has 0 aliphatic carbocycles. The molecular weight excluding hydrogens is 276 g/mol. The van der Waals surface area contributed by atoms with Gasteiger partial charge in [0.2, 0.25) is 5.95 Å². The van der Waals surface area contributed by atoms with Gasteiger partial charge in [-0.25, -0.2) is 4.98 Å². The number of nitrogens with zero attached hydrogens (tertiary/aromatic N) is 3. The van der Waals surface area contributed by atoms with Crippen LogP contribution in [0.2, 0.25) is 0 Å². The van der Waals surface area contributed by atoms with E-state index in [1.165, 1.54) is 5.56 Å². The summed E-state index contributed by atoms with van der Waals surface area (Å²) in [5.41, 5.74) is 7.78. The van der Waals surface area contributed by atoms with Crippen molar-refractivity contribution >= 4 is 11.8 Å². The summed E-state index contributed by atoms with van der Waals surface area (Å²) in [5, 5.41) is 9.96. The second-order valence-corrected chi connectivity index (χ2v) is 4.99. The van der Waals surface area contributed by atoms with E-state index in [0.29, 0.717) is 5.82 Å². The van der Waals surface area contributed by atoms with Gasteiger partial charge in [-0.05, 0) is 30.5 Å². The molecule has 112 valence electrons. The third kappa shape index (κ3) is 3.60. The summed E-state index contributed by atoms with van der Waals surface area (Å²) in [6.07, 6.45) is 3.84. The number of H-pyrrole nitrogens is 1. The van der Waals surface area contributed by atoms with E-state index in [1.807, 2.05) is 18.2 Å². The van der Waals surface area contributed by atoms with Crippen molar-refractivity contribution < 1.29 is 0 Å². The van der Waals surface area contributed by atoms with Crippen LogP contribution >= 0.6 is 0 Å². The van der Waals surface area contributed by atoms with Crippen molar-refractivity contribution in [3.8, 4) is 11.4 Å². The van der Waals surface area contributed by atoms with Gasteiger partial charge in [0.05, 0.1) is 0 Å². The number of aromatic amines is 1. The van der Waals surface area contributed by atoms with Gasteiger partial charge in [0.15, 0.2) is 5.82 Å². The molecule has 1 aromatic carbocycles. The largest absolute Gasteiger partial charge is 0.370 e. The number of hydrogen-bond acceptors (Lipinski definition) is 5. The van der Waals surface area contributed by atoms with E-state index >= 15 is 0 Å². The SMILES string of the molecule is Nc1n[nH]c(-c2ccnc(NCCCc3ccccc3)c2)n1. The molecule has 0 unspecified atom stereocenters. The molecule has 6 heteroatoms. The van der Waals surface area contributed by atoms with Gasteiger partial charge in [-0.1, -0.05) is 30.3 Å². The number of nitrogens with two attached hydrogens (primary N) is 1. The van der Waals surface area contributed by atoms with E-state index in [9.17, 15) is 0 Å². The molecule has 0 spiro atoms. The minimum Gasteiger partial charge on any atom is -0.370 e. The number of nitrogen functional groups attached to an aromatic ring is 1. The first-order valence-corrected chi connectivity index (χ1v) is 7.23. The molecule has 0 atom stereocenters. The fourth-order valence-electron chi connectivity index (χ4n) is 2.23. The lowest BCUT2D eigenvalue weighted by Gasteiger charge is -2.06. The summed E-state index contributed by atoms with van der Waals surface area (Å²) < 4.78 is 0. The Hall–Kier alpha value is -2.89. The van der Waals surface area contributed by atoms with Crippen molar-refractivity contribution in [2.45, 2.75) is 12.8 Å². The molecule has 0 amide bonds. The van der Waals surface area contributed by atoms with Crippen LogP contribution in [0, 0.1) is 0 Å². The lowest BCUT2D eigenvalue weighted by Crippen LogP contribution is -2.04. The highest BCUT2D eigenvalue weighted by molar-refractivity contribution is 5.59.